The van der Waals surface area contributed by atoms with Crippen molar-refractivity contribution in [3.8, 4) is 0 Å². The van der Waals surface area contributed by atoms with E-state index in [-0.39, 0.29) is 0 Å². The lowest BCUT2D eigenvalue weighted by molar-refractivity contribution is 0.110. The Morgan fingerprint density at radius 1 is 1.30 bits per heavy atom. The molecule has 2 bridgehead atoms. The van der Waals surface area contributed by atoms with Crippen LogP contribution < -0.4 is 5.32 Å². The highest BCUT2D eigenvalue weighted by molar-refractivity contribution is 5.07. The fourth-order valence-corrected chi connectivity index (χ4v) is 4.12. The lowest BCUT2D eigenvalue weighted by Gasteiger charge is -2.40. The predicted octanol–water partition coefficient (Wildman–Crippen LogP) is 1.73. The Kier molecular flexibility index (Phi) is 4.08. The first kappa shape index (κ1) is 14.0. The molecule has 1 aromatic heterocycles. The highest BCUT2D eigenvalue weighted by Gasteiger charge is 2.41. The molecule has 1 N–H and O–H groups in total. The van der Waals surface area contributed by atoms with Crippen LogP contribution >= 0.6 is 0 Å². The van der Waals surface area contributed by atoms with Crippen molar-refractivity contribution in [1.29, 1.82) is 0 Å². The minimum absolute atomic E-state index is 0.409. The van der Waals surface area contributed by atoms with Crippen molar-refractivity contribution in [2.75, 3.05) is 13.6 Å². The number of nitrogens with zero attached hydrogens (tertiary/aromatic N) is 4. The summed E-state index contributed by atoms with van der Waals surface area (Å²) in [4.78, 5) is 2.61. The van der Waals surface area contributed by atoms with E-state index in [1.807, 2.05) is 17.9 Å². The number of piperidine rings is 1. The Hall–Kier alpha value is -0.940. The second-order valence-corrected chi connectivity index (χ2v) is 6.50. The molecule has 2 aliphatic heterocycles. The number of hydrogen-bond acceptors (Lipinski definition) is 4. The van der Waals surface area contributed by atoms with Gasteiger partial charge in [0.05, 0.1) is 17.9 Å². The van der Waals surface area contributed by atoms with Crippen LogP contribution in [0, 0.1) is 5.92 Å². The third-order valence-corrected chi connectivity index (χ3v) is 5.29. The Bertz CT molecular complexity index is 429. The second-order valence-electron chi connectivity index (χ2n) is 6.50. The van der Waals surface area contributed by atoms with Crippen LogP contribution in [-0.4, -0.2) is 45.6 Å². The van der Waals surface area contributed by atoms with Crippen LogP contribution in [0.4, 0.5) is 0 Å². The van der Waals surface area contributed by atoms with E-state index in [1.54, 1.807) is 0 Å². The molecule has 3 heterocycles. The van der Waals surface area contributed by atoms with Crippen molar-refractivity contribution in [3.63, 3.8) is 0 Å². The summed E-state index contributed by atoms with van der Waals surface area (Å²) in [7, 11) is 4.31. The summed E-state index contributed by atoms with van der Waals surface area (Å²) < 4.78 is 1.94. The standard InChI is InChI=1S/C15H27N5/c1-4-7-16-15(14-10-17-18-20(14)3)11-8-12-5-6-13(9-11)19(12)2/h10-13,15-16H,4-9H2,1-3H3. The van der Waals surface area contributed by atoms with Crippen LogP contribution in [0.1, 0.15) is 50.8 Å². The predicted molar refractivity (Wildman–Crippen MR) is 79.3 cm³/mol. The third kappa shape index (κ3) is 2.49. The number of rotatable bonds is 5. The second kappa shape index (κ2) is 5.82. The van der Waals surface area contributed by atoms with Crippen LogP contribution in [0.3, 0.4) is 0 Å². The van der Waals surface area contributed by atoms with E-state index in [0.29, 0.717) is 12.0 Å². The number of aromatic nitrogens is 3. The molecule has 0 radical (unpaired) electrons. The molecule has 3 rings (SSSR count). The van der Waals surface area contributed by atoms with Crippen molar-refractivity contribution >= 4 is 0 Å². The summed E-state index contributed by atoms with van der Waals surface area (Å²) in [5.74, 6) is 0.715. The molecule has 3 atom stereocenters. The van der Waals surface area contributed by atoms with Crippen LogP contribution in [0.25, 0.3) is 0 Å². The summed E-state index contributed by atoms with van der Waals surface area (Å²) in [6.07, 6.45) is 8.47. The van der Waals surface area contributed by atoms with E-state index in [4.69, 9.17) is 0 Å². The molecule has 2 fully saturated rings. The summed E-state index contributed by atoms with van der Waals surface area (Å²) in [5.41, 5.74) is 1.24. The van der Waals surface area contributed by atoms with Gasteiger partial charge in [-0.1, -0.05) is 12.1 Å². The molecule has 20 heavy (non-hydrogen) atoms. The minimum atomic E-state index is 0.409. The number of fused-ring (bicyclic) bond motifs is 2. The number of nitrogens with one attached hydrogen (secondary N) is 1. The molecule has 0 saturated carbocycles. The van der Waals surface area contributed by atoms with E-state index >= 15 is 0 Å². The molecule has 0 aromatic carbocycles. The zero-order valence-electron chi connectivity index (χ0n) is 12.9. The molecule has 5 nitrogen and oxygen atoms in total. The maximum absolute atomic E-state index is 4.13. The minimum Gasteiger partial charge on any atom is -0.308 e. The largest absolute Gasteiger partial charge is 0.308 e. The Labute approximate surface area is 121 Å². The molecule has 112 valence electrons. The van der Waals surface area contributed by atoms with Crippen LogP contribution in [0.2, 0.25) is 0 Å². The summed E-state index contributed by atoms with van der Waals surface area (Å²) in [6, 6.07) is 1.98. The molecule has 3 unspecified atom stereocenters. The van der Waals surface area contributed by atoms with Gasteiger partial charge in [-0.15, -0.1) is 5.10 Å². The Balaban J connectivity index is 1.78. The molecule has 0 spiro atoms. The van der Waals surface area contributed by atoms with E-state index < -0.39 is 0 Å². The Morgan fingerprint density at radius 3 is 2.55 bits per heavy atom. The highest BCUT2D eigenvalue weighted by atomic mass is 15.4. The maximum Gasteiger partial charge on any atom is 0.0756 e. The molecule has 0 aliphatic carbocycles. The van der Waals surface area contributed by atoms with Gasteiger partial charge >= 0.3 is 0 Å². The molecule has 2 saturated heterocycles. The van der Waals surface area contributed by atoms with Crippen LogP contribution in [-0.2, 0) is 7.05 Å². The first-order valence-corrected chi connectivity index (χ1v) is 8.00. The quantitative estimate of drug-likeness (QED) is 0.890. The SMILES string of the molecule is CCCNC(c1cnnn1C)C1CC2CCC(C1)N2C. The topological polar surface area (TPSA) is 46.0 Å². The van der Waals surface area contributed by atoms with Crippen molar-refractivity contribution in [1.82, 2.24) is 25.2 Å². The van der Waals surface area contributed by atoms with Crippen molar-refractivity contribution in [2.24, 2.45) is 13.0 Å². The normalized spacial score (nSPS) is 31.6. The molecular weight excluding hydrogens is 250 g/mol. The maximum atomic E-state index is 4.13. The lowest BCUT2D eigenvalue weighted by Crippen LogP contribution is -2.44. The zero-order valence-corrected chi connectivity index (χ0v) is 12.9. The van der Waals surface area contributed by atoms with Gasteiger partial charge in [-0.25, -0.2) is 0 Å². The van der Waals surface area contributed by atoms with Crippen LogP contribution in [0.5, 0.6) is 0 Å². The van der Waals surface area contributed by atoms with Gasteiger partial charge < -0.3 is 10.2 Å². The van der Waals surface area contributed by atoms with Gasteiger partial charge in [0.15, 0.2) is 0 Å². The molecule has 5 heteroatoms. The molecule has 0 amide bonds. The summed E-state index contributed by atoms with van der Waals surface area (Å²) in [6.45, 7) is 3.29. The molecule has 1 aromatic rings. The van der Waals surface area contributed by atoms with Gasteiger partial charge in [0.2, 0.25) is 0 Å². The van der Waals surface area contributed by atoms with E-state index in [2.05, 4.69) is 34.5 Å². The van der Waals surface area contributed by atoms with E-state index in [9.17, 15) is 0 Å². The van der Waals surface area contributed by atoms with Crippen molar-refractivity contribution in [2.45, 2.75) is 57.2 Å². The monoisotopic (exact) mass is 277 g/mol. The van der Waals surface area contributed by atoms with Gasteiger partial charge in [-0.3, -0.25) is 4.68 Å². The highest BCUT2D eigenvalue weighted by Crippen LogP contribution is 2.42. The third-order valence-electron chi connectivity index (χ3n) is 5.29. The average molecular weight is 277 g/mol. The van der Waals surface area contributed by atoms with Gasteiger partial charge in [0.25, 0.3) is 0 Å². The molecular formula is C15H27N5. The van der Waals surface area contributed by atoms with E-state index in [1.165, 1.54) is 37.8 Å². The summed E-state index contributed by atoms with van der Waals surface area (Å²) >= 11 is 0. The number of aryl methyl sites for hydroxylation is 1. The number of hydrogen-bond donors (Lipinski definition) is 1. The first-order chi connectivity index (χ1) is 9.70. The van der Waals surface area contributed by atoms with Crippen molar-refractivity contribution in [3.05, 3.63) is 11.9 Å². The van der Waals surface area contributed by atoms with Crippen LogP contribution in [0.15, 0.2) is 6.20 Å². The lowest BCUT2D eigenvalue weighted by atomic mass is 9.83. The fraction of sp³-hybridized carbons (Fsp3) is 0.867. The van der Waals surface area contributed by atoms with Gasteiger partial charge in [-0.2, -0.15) is 0 Å². The fourth-order valence-electron chi connectivity index (χ4n) is 4.12. The first-order valence-electron chi connectivity index (χ1n) is 8.00. The smallest absolute Gasteiger partial charge is 0.0756 e. The van der Waals surface area contributed by atoms with Gasteiger partial charge in [0.1, 0.15) is 0 Å². The summed E-state index contributed by atoms with van der Waals surface area (Å²) in [5, 5.41) is 11.9. The Morgan fingerprint density at radius 2 is 2.00 bits per heavy atom. The van der Waals surface area contributed by atoms with Gasteiger partial charge in [-0.05, 0) is 51.6 Å². The van der Waals surface area contributed by atoms with E-state index in [0.717, 1.165) is 18.6 Å². The van der Waals surface area contributed by atoms with Crippen molar-refractivity contribution < 1.29 is 0 Å². The van der Waals surface area contributed by atoms with Gasteiger partial charge in [0, 0.05) is 19.1 Å². The zero-order chi connectivity index (χ0) is 14.1. The average Bonchev–Trinajstić information content (AvgIpc) is 2.92. The molecule has 2 aliphatic rings.